The molecule has 15 nitrogen and oxygen atoms in total. The van der Waals surface area contributed by atoms with Gasteiger partial charge >= 0.3 is 5.97 Å². The molecule has 0 spiro atoms. The van der Waals surface area contributed by atoms with Crippen LogP contribution >= 0.6 is 22.9 Å². The second kappa shape index (κ2) is 23.4. The summed E-state index contributed by atoms with van der Waals surface area (Å²) in [5.41, 5.74) is 5.49. The van der Waals surface area contributed by atoms with Crippen LogP contribution in [0.4, 0.5) is 4.39 Å². The predicted octanol–water partition coefficient (Wildman–Crippen LogP) is 9.96. The van der Waals surface area contributed by atoms with Crippen LogP contribution in [0.25, 0.3) is 43.2 Å². The molecule has 0 aliphatic carbocycles. The average Bonchev–Trinajstić information content (AvgIpc) is 3.79. The Bertz CT molecular complexity index is 3380. The summed E-state index contributed by atoms with van der Waals surface area (Å²) < 4.78 is 69.4. The van der Waals surface area contributed by atoms with Crippen LogP contribution in [-0.2, 0) is 32.1 Å². The van der Waals surface area contributed by atoms with Crippen LogP contribution in [0, 0.1) is 19.7 Å². The van der Waals surface area contributed by atoms with E-state index < -0.39 is 28.0 Å². The monoisotopic (exact) mass is 1060 g/mol. The van der Waals surface area contributed by atoms with E-state index in [2.05, 4.69) is 31.8 Å². The van der Waals surface area contributed by atoms with Crippen molar-refractivity contribution in [2.24, 2.45) is 0 Å². The maximum Gasteiger partial charge on any atom is 0.345 e. The molecule has 1 aliphatic rings. The molecule has 382 valence electrons. The lowest BCUT2D eigenvalue weighted by Crippen LogP contribution is -2.45. The summed E-state index contributed by atoms with van der Waals surface area (Å²) in [6, 6.07) is 32.1. The van der Waals surface area contributed by atoms with E-state index in [1.807, 2.05) is 32.0 Å². The Morgan fingerprint density at radius 3 is 2.39 bits per heavy atom. The zero-order chi connectivity index (χ0) is 51.8. The fourth-order valence-electron chi connectivity index (χ4n) is 8.35. The number of aryl methyl sites for hydroxylation is 1. The second-order valence-electron chi connectivity index (χ2n) is 17.6. The molecular weight excluding hydrogens is 1010 g/mol. The molecule has 19 heteroatoms. The first kappa shape index (κ1) is 51.8. The van der Waals surface area contributed by atoms with Crippen LogP contribution in [0.2, 0.25) is 5.02 Å². The van der Waals surface area contributed by atoms with Crippen molar-refractivity contribution in [3.63, 3.8) is 0 Å². The Hall–Kier alpha value is -7.06. The number of piperazine rings is 1. The molecule has 1 atom stereocenters. The molecule has 0 saturated carbocycles. The Morgan fingerprint density at radius 2 is 1.61 bits per heavy atom. The average molecular weight is 1060 g/mol. The fourth-order valence-corrected chi connectivity index (χ4v) is 10.6. The zero-order valence-electron chi connectivity index (χ0n) is 40.7. The summed E-state index contributed by atoms with van der Waals surface area (Å²) in [6.45, 7) is 8.73. The molecule has 1 saturated heterocycles. The number of carbonyl (C=O) groups is 1. The van der Waals surface area contributed by atoms with Gasteiger partial charge in [-0.3, -0.25) is 9.08 Å². The molecule has 0 radical (unpaired) electrons. The molecule has 1 unspecified atom stereocenters. The molecule has 9 rings (SSSR count). The number of likely N-dealkylation sites (N-methyl/N-ethyl adjacent to an activating group) is 1. The molecule has 8 aromatic rings. The fraction of sp³-hybridized carbons (Fsp3) is 0.255. The lowest BCUT2D eigenvalue weighted by atomic mass is 9.96. The number of carboxylic acid groups (broad SMARTS) is 1. The van der Waals surface area contributed by atoms with Gasteiger partial charge in [0.05, 0.1) is 21.0 Å². The van der Waals surface area contributed by atoms with Gasteiger partial charge in [-0.15, -0.1) is 11.3 Å². The summed E-state index contributed by atoms with van der Waals surface area (Å²) in [7, 11) is -1.82. The Balaban J connectivity index is 0.908. The van der Waals surface area contributed by atoms with Crippen molar-refractivity contribution < 1.29 is 45.8 Å². The molecule has 5 aromatic carbocycles. The summed E-state index contributed by atoms with van der Waals surface area (Å²) >= 11 is 8.42. The molecule has 74 heavy (non-hydrogen) atoms. The number of thiophene rings is 1. The molecule has 0 bridgehead atoms. The number of hydrogen-bond acceptors (Lipinski definition) is 15. The third-order valence-electron chi connectivity index (χ3n) is 12.4. The third kappa shape index (κ3) is 12.5. The van der Waals surface area contributed by atoms with Gasteiger partial charge in [0.2, 0.25) is 12.0 Å². The largest absolute Gasteiger partial charge is 0.491 e. The smallest absolute Gasteiger partial charge is 0.345 e. The van der Waals surface area contributed by atoms with E-state index in [0.29, 0.717) is 78.4 Å². The molecule has 3 aromatic heterocycles. The number of hydrogen-bond donors (Lipinski definition) is 1. The molecule has 1 N–H and O–H groups in total. The minimum Gasteiger partial charge on any atom is -0.491 e. The van der Waals surface area contributed by atoms with E-state index in [1.165, 1.54) is 41.9 Å². The number of para-hydroxylation sites is 1. The van der Waals surface area contributed by atoms with Gasteiger partial charge in [0, 0.05) is 61.3 Å². The van der Waals surface area contributed by atoms with Gasteiger partial charge in [0.25, 0.3) is 10.1 Å². The minimum absolute atomic E-state index is 0.0209. The van der Waals surface area contributed by atoms with E-state index in [-0.39, 0.29) is 37.0 Å². The maximum atomic E-state index is 14.3. The minimum atomic E-state index is -3.94. The number of aromatic nitrogens is 4. The molecule has 1 fully saturated rings. The summed E-state index contributed by atoms with van der Waals surface area (Å²) in [5, 5.41) is 11.6. The highest BCUT2D eigenvalue weighted by molar-refractivity contribution is 7.86. The summed E-state index contributed by atoms with van der Waals surface area (Å²) in [4.78, 5) is 37.4. The van der Waals surface area contributed by atoms with Gasteiger partial charge in [0.15, 0.2) is 5.82 Å². The van der Waals surface area contributed by atoms with Crippen molar-refractivity contribution >= 4 is 49.2 Å². The van der Waals surface area contributed by atoms with Crippen LogP contribution in [0.3, 0.4) is 0 Å². The first-order valence-corrected chi connectivity index (χ1v) is 26.4. The highest BCUT2D eigenvalue weighted by atomic mass is 35.5. The van der Waals surface area contributed by atoms with Crippen molar-refractivity contribution in [1.29, 1.82) is 0 Å². The Kier molecular flexibility index (Phi) is 16.4. The van der Waals surface area contributed by atoms with Crippen LogP contribution in [0.1, 0.15) is 22.4 Å². The summed E-state index contributed by atoms with van der Waals surface area (Å²) in [5.74, 6) is 0.243. The van der Waals surface area contributed by atoms with Crippen molar-refractivity contribution in [3.8, 4) is 56.1 Å². The highest BCUT2D eigenvalue weighted by Gasteiger charge is 2.29. The van der Waals surface area contributed by atoms with E-state index in [1.54, 1.807) is 79.0 Å². The van der Waals surface area contributed by atoms with Crippen LogP contribution in [0.15, 0.2) is 133 Å². The predicted molar refractivity (Wildman–Crippen MR) is 281 cm³/mol. The molecule has 1 aliphatic heterocycles. The number of benzene rings is 5. The number of halogens is 2. The van der Waals surface area contributed by atoms with E-state index in [4.69, 9.17) is 39.7 Å². The van der Waals surface area contributed by atoms with Crippen LogP contribution in [0.5, 0.6) is 23.1 Å². The number of fused-ring (bicyclic) bond motifs is 1. The van der Waals surface area contributed by atoms with Gasteiger partial charge < -0.3 is 29.0 Å². The quantitative estimate of drug-likeness (QED) is 0.0531. The second-order valence-corrected chi connectivity index (χ2v) is 20.6. The van der Waals surface area contributed by atoms with Gasteiger partial charge in [-0.1, -0.05) is 77.8 Å². The highest BCUT2D eigenvalue weighted by Crippen LogP contribution is 2.49. The number of rotatable bonds is 21. The lowest BCUT2D eigenvalue weighted by Gasteiger charge is -2.32. The topological polar surface area (TPSA) is 176 Å². The van der Waals surface area contributed by atoms with Gasteiger partial charge in [-0.2, -0.15) is 8.42 Å². The van der Waals surface area contributed by atoms with E-state index in [0.717, 1.165) is 48.7 Å². The first-order valence-electron chi connectivity index (χ1n) is 23.8. The molecule has 0 amide bonds. The zero-order valence-corrected chi connectivity index (χ0v) is 43.1. The Labute approximate surface area is 437 Å². The van der Waals surface area contributed by atoms with E-state index >= 15 is 0 Å². The van der Waals surface area contributed by atoms with Gasteiger partial charge in [0.1, 0.15) is 60.7 Å². The van der Waals surface area contributed by atoms with Crippen molar-refractivity contribution in [1.82, 2.24) is 29.7 Å². The van der Waals surface area contributed by atoms with Crippen molar-refractivity contribution in [2.45, 2.75) is 37.9 Å². The first-order chi connectivity index (χ1) is 35.8. The van der Waals surface area contributed by atoms with Crippen molar-refractivity contribution in [3.05, 3.63) is 161 Å². The van der Waals surface area contributed by atoms with E-state index in [9.17, 15) is 22.7 Å². The standard InChI is InChI=1S/C55H52ClFN6O9S2/c1-35-11-17-43(18-12-35)74(66,67)71-30-29-68-42-9-6-8-39(31-42)52-58-22-21-41(61-52)33-70-45-10-5-4-7-38(45)32-47(55(64)65)72-53-49-48(51(73-54(49)60-34-59-53)37-13-15-40(57)16-14-37)44-19-20-46(50(56)36(44)2)69-28-27-63-25-23-62(3)24-26-63/h4-22,31,34,47H,23-30,32-33H2,1-3H3,(H,64,65). The molecular formula is C55H52ClFN6O9S2. The maximum absolute atomic E-state index is 14.3. The summed E-state index contributed by atoms with van der Waals surface area (Å²) in [6.07, 6.45) is 1.41. The lowest BCUT2D eigenvalue weighted by molar-refractivity contribution is -0.145. The molecule has 4 heterocycles. The SMILES string of the molecule is Cc1ccc(S(=O)(=O)OCCOc2cccc(-c3nccc(COc4ccccc4CC(Oc4ncnc5sc(-c6ccc(F)cc6)c(-c6ccc(OCCN7CCN(C)CC7)c(Cl)c6C)c45)C(=O)O)n3)c2)cc1. The Morgan fingerprint density at radius 1 is 0.824 bits per heavy atom. The third-order valence-corrected chi connectivity index (χ3v) is 15.4. The van der Waals surface area contributed by atoms with Crippen LogP contribution < -0.4 is 18.9 Å². The number of carboxylic acids is 1. The number of nitrogens with zero attached hydrogens (tertiary/aromatic N) is 6. The normalized spacial score (nSPS) is 13.7. The van der Waals surface area contributed by atoms with Crippen LogP contribution in [-0.4, -0.2) is 115 Å². The van der Waals surface area contributed by atoms with Crippen molar-refractivity contribution in [2.75, 3.05) is 59.6 Å². The van der Waals surface area contributed by atoms with Gasteiger partial charge in [-0.05, 0) is 97.7 Å². The van der Waals surface area contributed by atoms with Gasteiger partial charge in [-0.25, -0.2) is 29.1 Å². The number of aliphatic carboxylic acids is 1. The number of ether oxygens (including phenoxy) is 4.